The Balaban J connectivity index is 14.4. The predicted molar refractivity (Wildman–Crippen MR) is 809 cm³/mol. The topological polar surface area (TPSA) is 0 Å². The zero-order valence-electron chi connectivity index (χ0n) is 49.8. The molecule has 0 bridgehead atoms. The summed E-state index contributed by atoms with van der Waals surface area (Å²) in [5.74, 6) is 0. The Labute approximate surface area is 761 Å². The van der Waals surface area contributed by atoms with Crippen molar-refractivity contribution < 1.29 is 0 Å². The number of rotatable bonds is 47. The lowest BCUT2D eigenvalue weighted by atomic mass is 28.3. The van der Waals surface area contributed by atoms with Crippen molar-refractivity contribution in [3.05, 3.63) is 0 Å². The van der Waals surface area contributed by atoms with Crippen LogP contribution in [0.2, 0.25) is 0 Å². The molecule has 0 radical (unpaired) electrons. The molecular formula is H99P97. The lowest BCUT2D eigenvalue weighted by Crippen LogP contribution is -1.77. The molecule has 0 saturated heterocycles. The maximum absolute atomic E-state index is 3.86. The average Bonchev–Trinajstić information content (AvgIpc) is 3.37. The molecule has 0 aromatic rings. The first kappa shape index (κ1) is 139. The van der Waals surface area contributed by atoms with Crippen LogP contribution >= 0.6 is 774 Å². The summed E-state index contributed by atoms with van der Waals surface area (Å²) in [6.45, 7) is -20.4. The molecule has 97 heteroatoms. The fourth-order valence-corrected chi connectivity index (χ4v) is 1450. The van der Waals surface area contributed by atoms with Crippen LogP contribution < -0.4 is 0 Å². The van der Waals surface area contributed by atoms with Gasteiger partial charge in [0.2, 0.25) is 0 Å². The second-order valence-electron chi connectivity index (χ2n) is 15.4. The largest absolute Gasteiger partial charge is 0.109 e. The summed E-state index contributed by atoms with van der Waals surface area (Å²) in [6.07, 6.45) is 0. The van der Waals surface area contributed by atoms with Gasteiger partial charge in [-0.15, -0.1) is 437 Å². The molecule has 54 atom stereocenters. The van der Waals surface area contributed by atoms with E-state index in [-0.39, 0.29) is 21.0 Å². The van der Waals surface area contributed by atoms with Gasteiger partial charge in [0.1, 0.15) is 0 Å². The van der Waals surface area contributed by atoms with Crippen molar-refractivity contribution in [2.75, 3.05) is 0 Å². The van der Waals surface area contributed by atoms with Crippen LogP contribution in [0.15, 0.2) is 0 Å². The van der Waals surface area contributed by atoms with Crippen LogP contribution in [0.4, 0.5) is 0 Å². The van der Waals surface area contributed by atoms with Gasteiger partial charge in [-0.2, -0.15) is 0 Å². The van der Waals surface area contributed by atoms with Gasteiger partial charge in [-0.3, -0.25) is 0 Å². The van der Waals surface area contributed by atoms with Gasteiger partial charge in [-0.05, 0) is 328 Å². The molecule has 0 heterocycles. The highest BCUT2D eigenvalue weighted by atomic mass is 33.7. The molecule has 97 heavy (non-hydrogen) atoms. The summed E-state index contributed by atoms with van der Waals surface area (Å²) in [4.78, 5) is 0. The van der Waals surface area contributed by atoms with Crippen molar-refractivity contribution in [1.82, 2.24) is 0 Å². The SMILES string of the molecule is PPP(P(P)P)P(P(P)P)P(P(P(P)P)P(P)P)P(P(P(P(P)P)P(P)P)P(P(P)P)P(P)P)P(P(P(P(P(P)P)P(P)P)P(P(P)P)P(P)P)P(P(P(P)P)P(P)P)P(P(P)P)P(P)P)P(P(P(P(P)P)P(P)P)P(P(P)P)P(P)P)P(P(P(P)P)P(P)P)P(P(P)P)P(P)P. The van der Waals surface area contributed by atoms with Crippen LogP contribution in [0.5, 0.6) is 0 Å². The van der Waals surface area contributed by atoms with Gasteiger partial charge in [0, 0.05) is 0 Å². The van der Waals surface area contributed by atoms with Crippen LogP contribution in [0.25, 0.3) is 0 Å². The average molecular weight is 3100 g/mol. The van der Waals surface area contributed by atoms with Crippen molar-refractivity contribution >= 4 is 774 Å². The minimum Gasteiger partial charge on any atom is -0.109 e. The monoisotopic (exact) mass is 3100 g/mol. The predicted octanol–water partition coefficient (Wildman–Crippen LogP) is 57.0. The van der Waals surface area contributed by atoms with E-state index in [9.17, 15) is 0 Å². The highest BCUT2D eigenvalue weighted by Gasteiger charge is 2.67. The Bertz CT molecular complexity index is 1610. The molecule has 0 aliphatic rings. The van der Waals surface area contributed by atoms with Gasteiger partial charge in [-0.25, -0.2) is 0 Å². The molecule has 584 valence electrons. The maximum atomic E-state index is 3.86. The van der Waals surface area contributed by atoms with E-state index in [0.29, 0.717) is 0 Å². The summed E-state index contributed by atoms with van der Waals surface area (Å²) in [5, 5.41) is 0. The molecule has 0 aliphatic carbocycles. The van der Waals surface area contributed by atoms with E-state index < -0.39 is 307 Å². The highest BCUT2D eigenvalue weighted by molar-refractivity contribution is 9.60. The van der Waals surface area contributed by atoms with Crippen LogP contribution in [-0.4, -0.2) is 0 Å². The first-order valence-electron chi connectivity index (χ1n) is 22.1. The quantitative estimate of drug-likeness (QED) is 0.0533. The van der Waals surface area contributed by atoms with Crippen molar-refractivity contribution in [1.29, 1.82) is 0 Å². The first-order chi connectivity index (χ1) is 44.2. The normalized spacial score (nSPS) is 16.0. The second kappa shape index (κ2) is 76.3. The minimum absolute atomic E-state index is 0.282. The van der Waals surface area contributed by atoms with E-state index in [2.05, 4.69) is 437 Å². The summed E-state index contributed by atoms with van der Waals surface area (Å²) in [6, 6.07) is 0. The molecule has 0 rings (SSSR count). The summed E-state index contributed by atoms with van der Waals surface area (Å²) in [7, 11) is 187. The van der Waals surface area contributed by atoms with E-state index in [0.717, 1.165) is 7.96 Å². The number of hydrogen-bond donors (Lipinski definition) is 0. The third-order valence-electron chi connectivity index (χ3n) is 8.61. The molecule has 0 N–H and O–H groups in total. The van der Waals surface area contributed by atoms with Crippen LogP contribution in [0.3, 0.4) is 0 Å². The molecular weight excluding hydrogens is 3000 g/mol. The molecule has 54 unspecified atom stereocenters. The Morgan fingerprint density at radius 3 is 0.227 bits per heavy atom. The van der Waals surface area contributed by atoms with Gasteiger partial charge >= 0.3 is 0 Å². The fourth-order valence-electron chi connectivity index (χ4n) is 5.97. The van der Waals surface area contributed by atoms with Gasteiger partial charge < -0.3 is 0 Å². The molecule has 0 nitrogen and oxygen atoms in total. The van der Waals surface area contributed by atoms with Crippen LogP contribution in [-0.2, 0) is 0 Å². The lowest BCUT2D eigenvalue weighted by Gasteiger charge is -2.64. The van der Waals surface area contributed by atoms with Crippen molar-refractivity contribution in [2.45, 2.75) is 0 Å². The van der Waals surface area contributed by atoms with E-state index in [1.165, 1.54) is 0 Å². The summed E-state index contributed by atoms with van der Waals surface area (Å²) in [5.41, 5.74) is 0. The van der Waals surface area contributed by atoms with E-state index in [4.69, 9.17) is 0 Å². The van der Waals surface area contributed by atoms with Crippen LogP contribution in [0, 0.1) is 0 Å². The van der Waals surface area contributed by atoms with Crippen molar-refractivity contribution in [2.24, 2.45) is 0 Å². The zero-order valence-corrected chi connectivity index (χ0v) is 149. The molecule has 0 aliphatic heterocycles. The molecule has 0 aromatic carbocycles. The second-order valence-corrected chi connectivity index (χ2v) is 417. The Morgan fingerprint density at radius 1 is 0.0928 bits per heavy atom. The Hall–Kier alpha value is 41.7. The molecule has 0 amide bonds. The summed E-state index contributed by atoms with van der Waals surface area (Å²) < 4.78 is 0. The minimum atomic E-state index is -0.621. The maximum Gasteiger partial charge on any atom is -0.000000233 e. The zero-order chi connectivity index (χ0) is 76.8. The smallest absolute Gasteiger partial charge is 0.000000233 e. The molecule has 0 spiro atoms. The molecule has 0 saturated carbocycles. The van der Waals surface area contributed by atoms with Crippen molar-refractivity contribution in [3.8, 4) is 0 Å². The third-order valence-corrected chi connectivity index (χ3v) is 698. The van der Waals surface area contributed by atoms with E-state index in [1.54, 1.807) is 0 Å². The molecule has 0 aromatic heterocycles. The Morgan fingerprint density at radius 2 is 0.165 bits per heavy atom. The standard InChI is InChI=1S/H99P97/c1-50-75(51(2)3)87(74(48)49)93(86(72(44)45)73(46)47)96(92(84(68(36)37)69(38)39)85(70(40)41)71(42)43)97(94(88(76(52(4)5)53(6)7)77(54(8)9)55(10)11)89(78(56(12)13)57(14)15)79(58(16)17)59(18)19)95(90(80(60(20)21)61(22)23)81(62(24)25)63(26)27)91(82(64(28)29)65(30)31)83(66(32)33)67(34)35/h50H,1-49H2. The lowest BCUT2D eigenvalue weighted by molar-refractivity contribution is 4.29. The van der Waals surface area contributed by atoms with Gasteiger partial charge in [-0.1, -0.05) is 7.96 Å². The van der Waals surface area contributed by atoms with Gasteiger partial charge in [0.15, 0.2) is 0 Å². The summed E-state index contributed by atoms with van der Waals surface area (Å²) >= 11 is 0. The Kier molecular flexibility index (Phi) is 109. The number of hydrogen-bond acceptors (Lipinski definition) is 0. The fraction of sp³-hybridized carbons (Fsp3) is 0. The van der Waals surface area contributed by atoms with E-state index >= 15 is 0 Å². The van der Waals surface area contributed by atoms with Gasteiger partial charge in [0.25, 0.3) is 0 Å². The van der Waals surface area contributed by atoms with Gasteiger partial charge in [0.05, 0.1) is 0 Å². The van der Waals surface area contributed by atoms with Crippen LogP contribution in [0.1, 0.15) is 0 Å². The third kappa shape index (κ3) is 48.9. The van der Waals surface area contributed by atoms with Crippen molar-refractivity contribution in [3.63, 3.8) is 0 Å². The highest BCUT2D eigenvalue weighted by Crippen LogP contribution is 3.54. The van der Waals surface area contributed by atoms with E-state index in [1.807, 2.05) is 0 Å². The first-order valence-corrected chi connectivity index (χ1v) is 199. The molecule has 0 fully saturated rings.